The van der Waals surface area contributed by atoms with Crippen LogP contribution in [0.2, 0.25) is 0 Å². The van der Waals surface area contributed by atoms with Crippen LogP contribution in [-0.4, -0.2) is 34.8 Å². The van der Waals surface area contributed by atoms with Crippen LogP contribution in [0.5, 0.6) is 11.5 Å². The van der Waals surface area contributed by atoms with E-state index in [1.165, 1.54) is 17.8 Å². The lowest BCUT2D eigenvalue weighted by molar-refractivity contribution is -0.119. The highest BCUT2D eigenvalue weighted by molar-refractivity contribution is 7.99. The monoisotopic (exact) mass is 375 g/mol. The van der Waals surface area contributed by atoms with E-state index in [-0.39, 0.29) is 23.3 Å². The number of hydrogen-bond donors (Lipinski definition) is 2. The molecule has 1 aliphatic heterocycles. The molecule has 1 aromatic heterocycles. The summed E-state index contributed by atoms with van der Waals surface area (Å²) in [5.74, 6) is 1.46. The molecule has 8 heteroatoms. The average Bonchev–Trinajstić information content (AvgIpc) is 2.83. The molecule has 0 saturated carbocycles. The van der Waals surface area contributed by atoms with Crippen LogP contribution in [0.4, 0.5) is 0 Å². The number of aryl methyl sites for hydroxylation is 1. The summed E-state index contributed by atoms with van der Waals surface area (Å²) in [7, 11) is 0. The first-order chi connectivity index (χ1) is 12.5. The first kappa shape index (κ1) is 18.3. The van der Waals surface area contributed by atoms with E-state index in [1.54, 1.807) is 6.92 Å². The first-order valence-electron chi connectivity index (χ1n) is 8.41. The van der Waals surface area contributed by atoms with Crippen molar-refractivity contribution in [1.29, 1.82) is 0 Å². The number of H-pyrrole nitrogens is 1. The van der Waals surface area contributed by atoms with Crippen molar-refractivity contribution in [3.63, 3.8) is 0 Å². The predicted octanol–water partition coefficient (Wildman–Crippen LogP) is 2.21. The molecule has 1 amide bonds. The van der Waals surface area contributed by atoms with Gasteiger partial charge in [0.15, 0.2) is 16.7 Å². The number of amides is 1. The van der Waals surface area contributed by atoms with Crippen molar-refractivity contribution in [1.82, 2.24) is 15.3 Å². The number of nitrogens with zero attached hydrogens (tertiary/aromatic N) is 1. The maximum absolute atomic E-state index is 12.2. The largest absolute Gasteiger partial charge is 0.490 e. The summed E-state index contributed by atoms with van der Waals surface area (Å²) in [6.45, 7) is 4.92. The van der Waals surface area contributed by atoms with Gasteiger partial charge in [-0.3, -0.25) is 9.59 Å². The fourth-order valence-corrected chi connectivity index (χ4v) is 3.30. The van der Waals surface area contributed by atoms with E-state index in [2.05, 4.69) is 15.3 Å². The Labute approximate surface area is 155 Å². The highest BCUT2D eigenvalue weighted by Crippen LogP contribution is 2.32. The summed E-state index contributed by atoms with van der Waals surface area (Å²) < 4.78 is 11.3. The van der Waals surface area contributed by atoms with Crippen LogP contribution in [0.3, 0.4) is 0 Å². The normalized spacial score (nSPS) is 14.4. The van der Waals surface area contributed by atoms with E-state index < -0.39 is 0 Å². The van der Waals surface area contributed by atoms with Gasteiger partial charge in [0.25, 0.3) is 5.56 Å². The van der Waals surface area contributed by atoms with E-state index in [0.717, 1.165) is 17.7 Å². The molecule has 2 aromatic rings. The van der Waals surface area contributed by atoms with Crippen LogP contribution in [-0.2, 0) is 4.79 Å². The molecule has 138 valence electrons. The van der Waals surface area contributed by atoms with E-state index in [4.69, 9.17) is 9.47 Å². The maximum atomic E-state index is 12.2. The van der Waals surface area contributed by atoms with Crippen LogP contribution in [0.15, 0.2) is 34.2 Å². The summed E-state index contributed by atoms with van der Waals surface area (Å²) in [6.07, 6.45) is 0.850. The van der Waals surface area contributed by atoms with Gasteiger partial charge in [0, 0.05) is 18.2 Å². The summed E-state index contributed by atoms with van der Waals surface area (Å²) in [6, 6.07) is 6.93. The molecule has 0 bridgehead atoms. The second-order valence-electron chi connectivity index (χ2n) is 6.03. The van der Waals surface area contributed by atoms with Gasteiger partial charge >= 0.3 is 0 Å². The third-order valence-electron chi connectivity index (χ3n) is 3.84. The Kier molecular flexibility index (Phi) is 5.82. The van der Waals surface area contributed by atoms with Crippen molar-refractivity contribution >= 4 is 17.7 Å². The van der Waals surface area contributed by atoms with Crippen molar-refractivity contribution in [2.45, 2.75) is 31.5 Å². The summed E-state index contributed by atoms with van der Waals surface area (Å²) in [5, 5.41) is 3.38. The quantitative estimate of drug-likeness (QED) is 0.615. The van der Waals surface area contributed by atoms with Crippen LogP contribution in [0.25, 0.3) is 0 Å². The van der Waals surface area contributed by atoms with Gasteiger partial charge in [0.05, 0.1) is 25.0 Å². The van der Waals surface area contributed by atoms with Gasteiger partial charge in [0.1, 0.15) is 0 Å². The smallest absolute Gasteiger partial charge is 0.251 e. The molecule has 7 nitrogen and oxygen atoms in total. The average molecular weight is 375 g/mol. The lowest BCUT2D eigenvalue weighted by atomic mass is 10.1. The van der Waals surface area contributed by atoms with Gasteiger partial charge < -0.3 is 19.8 Å². The van der Waals surface area contributed by atoms with Crippen LogP contribution in [0, 0.1) is 6.92 Å². The zero-order valence-corrected chi connectivity index (χ0v) is 15.5. The van der Waals surface area contributed by atoms with Gasteiger partial charge in [0.2, 0.25) is 5.91 Å². The second kappa shape index (κ2) is 8.27. The Bertz CT molecular complexity index is 853. The van der Waals surface area contributed by atoms with E-state index in [0.29, 0.717) is 29.8 Å². The Balaban J connectivity index is 1.58. The molecule has 0 radical (unpaired) electrons. The zero-order chi connectivity index (χ0) is 18.5. The number of aromatic amines is 1. The molecular weight excluding hydrogens is 354 g/mol. The molecule has 1 aromatic carbocycles. The molecule has 2 heterocycles. The third-order valence-corrected chi connectivity index (χ3v) is 4.71. The highest BCUT2D eigenvalue weighted by Gasteiger charge is 2.15. The van der Waals surface area contributed by atoms with Gasteiger partial charge in [-0.2, -0.15) is 0 Å². The van der Waals surface area contributed by atoms with Crippen LogP contribution >= 0.6 is 11.8 Å². The lowest BCUT2D eigenvalue weighted by Crippen LogP contribution is -2.28. The minimum absolute atomic E-state index is 0.140. The highest BCUT2D eigenvalue weighted by atomic mass is 32.2. The molecule has 1 aliphatic rings. The standard InChI is InChI=1S/C18H21N3O4S/c1-11-8-16(22)21-18(19-11)26-10-17(23)20-12(2)13-4-5-14-15(9-13)25-7-3-6-24-14/h4-5,8-9,12H,3,6-7,10H2,1-2H3,(H,20,23)(H,19,21,22)/t12-/m0/s1. The number of aromatic nitrogens is 2. The van der Waals surface area contributed by atoms with Crippen molar-refractivity contribution in [3.8, 4) is 11.5 Å². The van der Waals surface area contributed by atoms with Crippen molar-refractivity contribution in [3.05, 3.63) is 45.9 Å². The molecule has 0 unspecified atom stereocenters. The fourth-order valence-electron chi connectivity index (χ4n) is 2.57. The summed E-state index contributed by atoms with van der Waals surface area (Å²) >= 11 is 1.20. The molecule has 1 atom stereocenters. The summed E-state index contributed by atoms with van der Waals surface area (Å²) in [4.78, 5) is 30.4. The lowest BCUT2D eigenvalue weighted by Gasteiger charge is -2.16. The summed E-state index contributed by atoms with van der Waals surface area (Å²) in [5.41, 5.74) is 1.34. The van der Waals surface area contributed by atoms with Crippen molar-refractivity contribution in [2.24, 2.45) is 0 Å². The van der Waals surface area contributed by atoms with Gasteiger partial charge in [-0.15, -0.1) is 0 Å². The molecule has 2 N–H and O–H groups in total. The Morgan fingerprint density at radius 2 is 2.08 bits per heavy atom. The number of rotatable bonds is 5. The SMILES string of the molecule is Cc1cc(=O)[nH]c(SCC(=O)N[C@@H](C)c2ccc3c(c2)OCCCO3)n1. The Morgan fingerprint density at radius 3 is 2.85 bits per heavy atom. The Morgan fingerprint density at radius 1 is 1.31 bits per heavy atom. The van der Waals surface area contributed by atoms with Crippen LogP contribution < -0.4 is 20.3 Å². The van der Waals surface area contributed by atoms with Crippen molar-refractivity contribution < 1.29 is 14.3 Å². The molecule has 0 aliphatic carbocycles. The number of nitrogens with one attached hydrogen (secondary N) is 2. The first-order valence-corrected chi connectivity index (χ1v) is 9.39. The molecule has 0 fully saturated rings. The molecule has 0 spiro atoms. The molecular formula is C18H21N3O4S. The van der Waals surface area contributed by atoms with Crippen molar-refractivity contribution in [2.75, 3.05) is 19.0 Å². The number of hydrogen-bond acceptors (Lipinski definition) is 6. The number of carbonyl (C=O) groups is 1. The molecule has 3 rings (SSSR count). The van der Waals surface area contributed by atoms with Gasteiger partial charge in [-0.05, 0) is 31.5 Å². The number of carbonyl (C=O) groups excluding carboxylic acids is 1. The Hall–Kier alpha value is -2.48. The minimum Gasteiger partial charge on any atom is -0.490 e. The molecule has 26 heavy (non-hydrogen) atoms. The topological polar surface area (TPSA) is 93.3 Å². The van der Waals surface area contributed by atoms with Gasteiger partial charge in [-0.25, -0.2) is 4.98 Å². The minimum atomic E-state index is -0.221. The van der Waals surface area contributed by atoms with Crippen LogP contribution in [0.1, 0.15) is 30.6 Å². The van der Waals surface area contributed by atoms with E-state index in [9.17, 15) is 9.59 Å². The number of thioether (sulfide) groups is 1. The zero-order valence-electron chi connectivity index (χ0n) is 14.7. The van der Waals surface area contributed by atoms with E-state index in [1.807, 2.05) is 25.1 Å². The van der Waals surface area contributed by atoms with Gasteiger partial charge in [-0.1, -0.05) is 17.8 Å². The predicted molar refractivity (Wildman–Crippen MR) is 98.9 cm³/mol. The number of benzene rings is 1. The molecule has 0 saturated heterocycles. The number of ether oxygens (including phenoxy) is 2. The third kappa shape index (κ3) is 4.78. The number of fused-ring (bicyclic) bond motifs is 1. The van der Waals surface area contributed by atoms with E-state index >= 15 is 0 Å². The second-order valence-corrected chi connectivity index (χ2v) is 6.99. The maximum Gasteiger partial charge on any atom is 0.251 e. The fraction of sp³-hybridized carbons (Fsp3) is 0.389.